The fraction of sp³-hybridized carbons (Fsp3) is 0.600. The van der Waals surface area contributed by atoms with Gasteiger partial charge in [0, 0.05) is 17.5 Å². The Hall–Kier alpha value is -0.510. The lowest BCUT2D eigenvalue weighted by Crippen LogP contribution is -2.36. The molecular weight excluding hydrogens is 240 g/mol. The van der Waals surface area contributed by atoms with Crippen LogP contribution < -0.4 is 5.73 Å². The van der Waals surface area contributed by atoms with E-state index in [1.54, 1.807) is 0 Å². The number of likely N-dealkylation sites (tertiary alicyclic amines) is 1. The van der Waals surface area contributed by atoms with Crippen molar-refractivity contribution in [2.75, 3.05) is 19.3 Å². The fourth-order valence-electron chi connectivity index (χ4n) is 2.54. The molecule has 1 aliphatic heterocycles. The van der Waals surface area contributed by atoms with Crippen LogP contribution in [-0.4, -0.2) is 30.3 Å². The van der Waals surface area contributed by atoms with Crippen molar-refractivity contribution in [1.82, 2.24) is 4.90 Å². The average Bonchev–Trinajstić information content (AvgIpc) is 2.42. The van der Waals surface area contributed by atoms with Crippen molar-refractivity contribution in [3.05, 3.63) is 29.8 Å². The minimum atomic E-state index is 0.637. The number of piperidine rings is 1. The number of hydrogen-bond donors (Lipinski definition) is 1. The lowest BCUT2D eigenvalue weighted by atomic mass is 10.0. The maximum atomic E-state index is 5.60. The molecule has 2 nitrogen and oxygen atoms in total. The summed E-state index contributed by atoms with van der Waals surface area (Å²) in [4.78, 5) is 3.90. The third kappa shape index (κ3) is 4.01. The highest BCUT2D eigenvalue weighted by Gasteiger charge is 2.17. The van der Waals surface area contributed by atoms with Crippen molar-refractivity contribution in [3.8, 4) is 0 Å². The summed E-state index contributed by atoms with van der Waals surface area (Å²) in [6, 6.07) is 9.45. The van der Waals surface area contributed by atoms with E-state index in [9.17, 15) is 0 Å². The highest BCUT2D eigenvalue weighted by Crippen LogP contribution is 2.23. The van der Waals surface area contributed by atoms with Gasteiger partial charge in [-0.2, -0.15) is 0 Å². The maximum Gasteiger partial charge on any atom is 0.0178 e. The largest absolute Gasteiger partial charge is 0.326 e. The van der Waals surface area contributed by atoms with Crippen molar-refractivity contribution in [2.24, 2.45) is 5.73 Å². The zero-order valence-electron chi connectivity index (χ0n) is 11.3. The number of hydrogen-bond acceptors (Lipinski definition) is 3. The van der Waals surface area contributed by atoms with Crippen LogP contribution in [0.4, 0.5) is 0 Å². The van der Waals surface area contributed by atoms with E-state index in [1.807, 2.05) is 11.8 Å². The number of thioether (sulfide) groups is 1. The van der Waals surface area contributed by atoms with Crippen LogP contribution in [0, 0.1) is 0 Å². The Morgan fingerprint density at radius 1 is 1.28 bits per heavy atom. The van der Waals surface area contributed by atoms with Gasteiger partial charge in [0.15, 0.2) is 0 Å². The molecule has 0 spiro atoms. The third-order valence-corrected chi connectivity index (χ3v) is 4.85. The van der Waals surface area contributed by atoms with Gasteiger partial charge in [0.25, 0.3) is 0 Å². The van der Waals surface area contributed by atoms with Gasteiger partial charge in [0.1, 0.15) is 0 Å². The lowest BCUT2D eigenvalue weighted by Gasteiger charge is -2.32. The Labute approximate surface area is 115 Å². The maximum absolute atomic E-state index is 5.60. The van der Waals surface area contributed by atoms with E-state index in [2.05, 4.69) is 36.2 Å². The van der Waals surface area contributed by atoms with Crippen LogP contribution in [0.3, 0.4) is 0 Å². The summed E-state index contributed by atoms with van der Waals surface area (Å²) < 4.78 is 0. The van der Waals surface area contributed by atoms with Crippen molar-refractivity contribution in [1.29, 1.82) is 0 Å². The summed E-state index contributed by atoms with van der Waals surface area (Å²) in [7, 11) is 2.27. The van der Waals surface area contributed by atoms with E-state index >= 15 is 0 Å². The molecule has 0 saturated carbocycles. The first-order valence-electron chi connectivity index (χ1n) is 6.91. The standard InChI is InChI=1S/C15H24N2S/c1-17-10-3-2-4-14(17)9-11-18-15-7-5-13(12-16)6-8-15/h5-8,14H,2-4,9-12,16H2,1H3. The first kappa shape index (κ1) is 13.9. The molecule has 0 aromatic heterocycles. The number of benzene rings is 1. The molecule has 1 atom stereocenters. The van der Waals surface area contributed by atoms with Crippen LogP contribution in [0.1, 0.15) is 31.2 Å². The van der Waals surface area contributed by atoms with Gasteiger partial charge in [-0.3, -0.25) is 0 Å². The summed E-state index contributed by atoms with van der Waals surface area (Å²) >= 11 is 1.97. The zero-order valence-corrected chi connectivity index (χ0v) is 12.1. The van der Waals surface area contributed by atoms with Crippen LogP contribution >= 0.6 is 11.8 Å². The lowest BCUT2D eigenvalue weighted by molar-refractivity contribution is 0.182. The molecule has 3 heteroatoms. The molecule has 1 saturated heterocycles. The first-order valence-corrected chi connectivity index (χ1v) is 7.90. The van der Waals surface area contributed by atoms with Crippen molar-refractivity contribution < 1.29 is 0 Å². The molecule has 0 aliphatic carbocycles. The fourth-order valence-corrected chi connectivity index (χ4v) is 3.50. The Morgan fingerprint density at radius 2 is 2.06 bits per heavy atom. The number of nitrogens with zero attached hydrogens (tertiary/aromatic N) is 1. The van der Waals surface area contributed by atoms with Crippen LogP contribution in [-0.2, 0) is 6.54 Å². The quantitative estimate of drug-likeness (QED) is 0.829. The Balaban J connectivity index is 1.73. The van der Waals surface area contributed by atoms with E-state index in [-0.39, 0.29) is 0 Å². The third-order valence-electron chi connectivity index (χ3n) is 3.80. The summed E-state index contributed by atoms with van der Waals surface area (Å²) in [5, 5.41) is 0. The van der Waals surface area contributed by atoms with Gasteiger partial charge in [-0.1, -0.05) is 18.6 Å². The molecule has 2 rings (SSSR count). The highest BCUT2D eigenvalue weighted by molar-refractivity contribution is 7.99. The first-order chi connectivity index (χ1) is 8.79. The predicted molar refractivity (Wildman–Crippen MR) is 79.9 cm³/mol. The molecule has 1 fully saturated rings. The SMILES string of the molecule is CN1CCCCC1CCSc1ccc(CN)cc1. The molecule has 100 valence electrons. The van der Waals surface area contributed by atoms with Gasteiger partial charge in [0.2, 0.25) is 0 Å². The van der Waals surface area contributed by atoms with Crippen molar-refractivity contribution >= 4 is 11.8 Å². The second-order valence-corrected chi connectivity index (χ2v) is 6.28. The average molecular weight is 264 g/mol. The number of nitrogens with two attached hydrogens (primary N) is 1. The highest BCUT2D eigenvalue weighted by atomic mass is 32.2. The van der Waals surface area contributed by atoms with Crippen LogP contribution in [0.5, 0.6) is 0 Å². The predicted octanol–water partition coefficient (Wildman–Crippen LogP) is 3.11. The van der Waals surface area contributed by atoms with Gasteiger partial charge in [0.05, 0.1) is 0 Å². The molecular formula is C15H24N2S. The van der Waals surface area contributed by atoms with Crippen LogP contribution in [0.15, 0.2) is 29.2 Å². The van der Waals surface area contributed by atoms with E-state index in [0.29, 0.717) is 6.54 Å². The molecule has 0 bridgehead atoms. The van der Waals surface area contributed by atoms with Crippen molar-refractivity contribution in [3.63, 3.8) is 0 Å². The smallest absolute Gasteiger partial charge is 0.0178 e. The molecule has 1 aliphatic rings. The molecule has 2 N–H and O–H groups in total. The van der Waals surface area contributed by atoms with E-state index in [4.69, 9.17) is 5.73 Å². The second kappa shape index (κ2) is 7.17. The van der Waals surface area contributed by atoms with Crippen LogP contribution in [0.25, 0.3) is 0 Å². The zero-order chi connectivity index (χ0) is 12.8. The topological polar surface area (TPSA) is 29.3 Å². The van der Waals surface area contributed by atoms with Gasteiger partial charge in [-0.15, -0.1) is 11.8 Å². The van der Waals surface area contributed by atoms with Crippen LogP contribution in [0.2, 0.25) is 0 Å². The van der Waals surface area contributed by atoms with Crippen molar-refractivity contribution in [2.45, 2.75) is 43.2 Å². The minimum absolute atomic E-state index is 0.637. The summed E-state index contributed by atoms with van der Waals surface area (Å²) in [6.45, 7) is 1.92. The Morgan fingerprint density at radius 3 is 2.72 bits per heavy atom. The summed E-state index contributed by atoms with van der Waals surface area (Å²) in [5.74, 6) is 1.22. The van der Waals surface area contributed by atoms with E-state index < -0.39 is 0 Å². The number of rotatable bonds is 5. The van der Waals surface area contributed by atoms with E-state index in [0.717, 1.165) is 6.04 Å². The summed E-state index contributed by atoms with van der Waals surface area (Å²) in [6.07, 6.45) is 5.47. The van der Waals surface area contributed by atoms with Gasteiger partial charge >= 0.3 is 0 Å². The molecule has 1 heterocycles. The van der Waals surface area contributed by atoms with E-state index in [1.165, 1.54) is 48.4 Å². The molecule has 0 amide bonds. The van der Waals surface area contributed by atoms with Gasteiger partial charge < -0.3 is 10.6 Å². The molecule has 1 aromatic carbocycles. The molecule has 18 heavy (non-hydrogen) atoms. The Bertz CT molecular complexity index is 350. The second-order valence-electron chi connectivity index (χ2n) is 5.12. The Kier molecular flexibility index (Phi) is 5.54. The normalized spacial score (nSPS) is 21.1. The monoisotopic (exact) mass is 264 g/mol. The molecule has 1 unspecified atom stereocenters. The van der Waals surface area contributed by atoms with Gasteiger partial charge in [-0.05, 0) is 56.3 Å². The van der Waals surface area contributed by atoms with Gasteiger partial charge in [-0.25, -0.2) is 0 Å². The minimum Gasteiger partial charge on any atom is -0.326 e. The summed E-state index contributed by atoms with van der Waals surface area (Å²) in [5.41, 5.74) is 6.81. The molecule has 0 radical (unpaired) electrons. The molecule has 1 aromatic rings.